The standard InChI is InChI=1S/C18H17ClN2O6S/c1-21-16(17(22)10-6-4-5-7-15(10)28(21,24)25)18(23)20-12-9-13(26-2)11(19)8-14(12)27-3/h4-9,22H,1-3H3,(H,20,23). The van der Waals surface area contributed by atoms with E-state index in [1.54, 1.807) is 6.07 Å². The lowest BCUT2D eigenvalue weighted by molar-refractivity contribution is -0.113. The zero-order valence-corrected chi connectivity index (χ0v) is 16.8. The zero-order valence-electron chi connectivity index (χ0n) is 15.2. The molecule has 2 aromatic carbocycles. The smallest absolute Gasteiger partial charge is 0.276 e. The van der Waals surface area contributed by atoms with Gasteiger partial charge in [-0.25, -0.2) is 8.42 Å². The lowest BCUT2D eigenvalue weighted by Crippen LogP contribution is -2.37. The van der Waals surface area contributed by atoms with Crippen molar-refractivity contribution >= 4 is 39.0 Å². The van der Waals surface area contributed by atoms with Crippen molar-refractivity contribution in [3.63, 3.8) is 0 Å². The van der Waals surface area contributed by atoms with Crippen LogP contribution in [0.1, 0.15) is 5.56 Å². The van der Waals surface area contributed by atoms with Crippen molar-refractivity contribution in [3.05, 3.63) is 52.7 Å². The summed E-state index contributed by atoms with van der Waals surface area (Å²) in [7, 11) is -0.0116. The number of fused-ring (bicyclic) bond motifs is 1. The minimum atomic E-state index is -4.00. The van der Waals surface area contributed by atoms with Gasteiger partial charge in [0.05, 0.1) is 29.8 Å². The molecule has 0 bridgehead atoms. The van der Waals surface area contributed by atoms with Gasteiger partial charge in [0.2, 0.25) is 0 Å². The van der Waals surface area contributed by atoms with E-state index >= 15 is 0 Å². The van der Waals surface area contributed by atoms with Crippen molar-refractivity contribution in [2.45, 2.75) is 4.90 Å². The number of aliphatic hydroxyl groups is 1. The molecule has 1 amide bonds. The molecule has 1 aliphatic rings. The summed E-state index contributed by atoms with van der Waals surface area (Å²) in [6.45, 7) is 0. The number of rotatable bonds is 4. The molecular formula is C18H17ClN2O6S. The van der Waals surface area contributed by atoms with Gasteiger partial charge in [-0.15, -0.1) is 0 Å². The summed E-state index contributed by atoms with van der Waals surface area (Å²) >= 11 is 6.05. The number of sulfonamides is 1. The number of nitrogens with one attached hydrogen (secondary N) is 1. The van der Waals surface area contributed by atoms with Crippen molar-refractivity contribution < 1.29 is 27.8 Å². The normalized spacial score (nSPS) is 15.1. The van der Waals surface area contributed by atoms with Crippen molar-refractivity contribution in [2.75, 3.05) is 26.6 Å². The number of hydrogen-bond donors (Lipinski definition) is 2. The van der Waals surface area contributed by atoms with Gasteiger partial charge < -0.3 is 19.9 Å². The van der Waals surface area contributed by atoms with Crippen LogP contribution in [0.4, 0.5) is 5.69 Å². The summed E-state index contributed by atoms with van der Waals surface area (Å²) in [6.07, 6.45) is 0. The number of ether oxygens (including phenoxy) is 2. The Morgan fingerprint density at radius 2 is 1.79 bits per heavy atom. The summed E-state index contributed by atoms with van der Waals surface area (Å²) in [5.74, 6) is -0.780. The van der Waals surface area contributed by atoms with Crippen LogP contribution in [0.2, 0.25) is 5.02 Å². The fraction of sp³-hybridized carbons (Fsp3) is 0.167. The van der Waals surface area contributed by atoms with E-state index < -0.39 is 27.4 Å². The fourth-order valence-corrected chi connectivity index (χ4v) is 4.45. The Bertz CT molecular complexity index is 1100. The largest absolute Gasteiger partial charge is 0.505 e. The van der Waals surface area contributed by atoms with Gasteiger partial charge >= 0.3 is 0 Å². The average molecular weight is 425 g/mol. The molecule has 1 heterocycles. The van der Waals surface area contributed by atoms with Crippen molar-refractivity contribution in [2.24, 2.45) is 0 Å². The highest BCUT2D eigenvalue weighted by molar-refractivity contribution is 7.89. The summed E-state index contributed by atoms with van der Waals surface area (Å²) in [6, 6.07) is 8.77. The number of aliphatic hydroxyl groups excluding tert-OH is 1. The predicted molar refractivity (Wildman–Crippen MR) is 104 cm³/mol. The third-order valence-corrected chi connectivity index (χ3v) is 6.37. The molecule has 0 aliphatic carbocycles. The number of halogens is 1. The van der Waals surface area contributed by atoms with Crippen LogP contribution in [0.3, 0.4) is 0 Å². The Balaban J connectivity index is 2.09. The second-order valence-electron chi connectivity index (χ2n) is 5.81. The second kappa shape index (κ2) is 7.25. The number of amides is 1. The van der Waals surface area contributed by atoms with Gasteiger partial charge in [0, 0.05) is 24.7 Å². The Kier molecular flexibility index (Phi) is 5.14. The van der Waals surface area contributed by atoms with Gasteiger partial charge in [0.15, 0.2) is 11.5 Å². The van der Waals surface area contributed by atoms with E-state index in [1.165, 1.54) is 51.6 Å². The van der Waals surface area contributed by atoms with E-state index in [0.717, 1.165) is 4.31 Å². The molecule has 2 N–H and O–H groups in total. The maximum atomic E-state index is 12.9. The number of hydrogen-bond acceptors (Lipinski definition) is 6. The number of likely N-dealkylation sites (N-methyl/N-ethyl adjacent to an activating group) is 1. The highest BCUT2D eigenvalue weighted by Crippen LogP contribution is 2.38. The van der Waals surface area contributed by atoms with E-state index in [4.69, 9.17) is 21.1 Å². The van der Waals surface area contributed by atoms with Crippen LogP contribution < -0.4 is 14.8 Å². The summed E-state index contributed by atoms with van der Waals surface area (Å²) < 4.78 is 36.5. The first-order valence-electron chi connectivity index (χ1n) is 7.96. The summed E-state index contributed by atoms with van der Waals surface area (Å²) in [5.41, 5.74) is -0.181. The number of nitrogens with zero attached hydrogens (tertiary/aromatic N) is 1. The van der Waals surface area contributed by atoms with Gasteiger partial charge in [-0.1, -0.05) is 23.7 Å². The molecule has 28 heavy (non-hydrogen) atoms. The Labute approximate surface area is 167 Å². The maximum Gasteiger partial charge on any atom is 0.276 e. The lowest BCUT2D eigenvalue weighted by atomic mass is 10.1. The maximum absolute atomic E-state index is 12.9. The van der Waals surface area contributed by atoms with Crippen molar-refractivity contribution in [1.82, 2.24) is 4.31 Å². The lowest BCUT2D eigenvalue weighted by Gasteiger charge is -2.28. The third kappa shape index (κ3) is 3.12. The van der Waals surface area contributed by atoms with E-state index in [9.17, 15) is 18.3 Å². The predicted octanol–water partition coefficient (Wildman–Crippen LogP) is 2.86. The number of benzene rings is 2. The van der Waals surface area contributed by atoms with Crippen LogP contribution in [0.25, 0.3) is 5.76 Å². The van der Waals surface area contributed by atoms with E-state index in [0.29, 0.717) is 0 Å². The third-order valence-electron chi connectivity index (χ3n) is 4.26. The van der Waals surface area contributed by atoms with Crippen molar-refractivity contribution in [3.8, 4) is 11.5 Å². The number of carbonyl (C=O) groups excluding carboxylic acids is 1. The fourth-order valence-electron chi connectivity index (χ4n) is 2.82. The zero-order chi connectivity index (χ0) is 20.6. The average Bonchev–Trinajstić information content (AvgIpc) is 2.68. The quantitative estimate of drug-likeness (QED) is 0.781. The second-order valence-corrected chi connectivity index (χ2v) is 8.15. The molecule has 0 saturated heterocycles. The summed E-state index contributed by atoms with van der Waals surface area (Å²) in [4.78, 5) is 12.8. The molecule has 8 nitrogen and oxygen atoms in total. The minimum Gasteiger partial charge on any atom is -0.505 e. The molecule has 0 radical (unpaired) electrons. The van der Waals surface area contributed by atoms with Crippen LogP contribution in [-0.2, 0) is 14.8 Å². The van der Waals surface area contributed by atoms with Gasteiger partial charge in [-0.05, 0) is 12.1 Å². The first-order valence-corrected chi connectivity index (χ1v) is 9.78. The van der Waals surface area contributed by atoms with Crippen LogP contribution in [0.5, 0.6) is 11.5 Å². The highest BCUT2D eigenvalue weighted by atomic mass is 35.5. The molecule has 0 saturated carbocycles. The van der Waals surface area contributed by atoms with Crippen LogP contribution in [0.15, 0.2) is 47.0 Å². The van der Waals surface area contributed by atoms with Crippen LogP contribution in [-0.4, -0.2) is 45.0 Å². The number of methoxy groups -OCH3 is 2. The molecule has 0 spiro atoms. The molecule has 1 aliphatic heterocycles. The van der Waals surface area contributed by atoms with Crippen LogP contribution >= 0.6 is 11.6 Å². The van der Waals surface area contributed by atoms with E-state index in [1.807, 2.05) is 0 Å². The first kappa shape index (κ1) is 19.8. The topological polar surface area (TPSA) is 105 Å². The first-order chi connectivity index (χ1) is 13.2. The van der Waals surface area contributed by atoms with Gasteiger partial charge in [-0.2, -0.15) is 0 Å². The molecule has 10 heteroatoms. The minimum absolute atomic E-state index is 0.0476. The molecule has 2 aromatic rings. The molecule has 3 rings (SSSR count). The molecule has 0 unspecified atom stereocenters. The van der Waals surface area contributed by atoms with Gasteiger partial charge in [0.25, 0.3) is 15.9 Å². The number of carbonyl (C=O) groups is 1. The Morgan fingerprint density at radius 3 is 2.43 bits per heavy atom. The highest BCUT2D eigenvalue weighted by Gasteiger charge is 2.37. The van der Waals surface area contributed by atoms with Gasteiger partial charge in [0.1, 0.15) is 11.5 Å². The molecule has 0 aromatic heterocycles. The van der Waals surface area contributed by atoms with Crippen molar-refractivity contribution in [1.29, 1.82) is 0 Å². The molecule has 148 valence electrons. The van der Waals surface area contributed by atoms with E-state index in [2.05, 4.69) is 5.32 Å². The Hall–Kier alpha value is -2.91. The SMILES string of the molecule is COc1cc(NC(=O)C2=C(O)c3ccccc3S(=O)(=O)N2C)c(OC)cc1Cl. The monoisotopic (exact) mass is 424 g/mol. The molecular weight excluding hydrogens is 408 g/mol. The molecule has 0 fully saturated rings. The Morgan fingerprint density at radius 1 is 1.14 bits per heavy atom. The summed E-state index contributed by atoms with van der Waals surface area (Å²) in [5, 5.41) is 13.4. The van der Waals surface area contributed by atoms with Crippen LogP contribution in [0, 0.1) is 0 Å². The molecule has 0 atom stereocenters. The van der Waals surface area contributed by atoms with E-state index in [-0.39, 0.29) is 32.7 Å². The number of anilines is 1. The van der Waals surface area contributed by atoms with Gasteiger partial charge in [-0.3, -0.25) is 9.10 Å².